The van der Waals surface area contributed by atoms with E-state index >= 15 is 0 Å². The van der Waals surface area contributed by atoms with Crippen molar-refractivity contribution in [2.75, 3.05) is 19.0 Å². The molecule has 2 amide bonds. The molecule has 0 aliphatic rings. The second kappa shape index (κ2) is 8.92. The number of amides is 2. The third-order valence-corrected chi connectivity index (χ3v) is 3.62. The number of hydrogen-bond donors (Lipinski definition) is 2. The molecule has 5 nitrogen and oxygen atoms in total. The average molecular weight is 346 g/mol. The molecule has 2 rings (SSSR count). The number of hydrogen-bond acceptors (Lipinski definition) is 3. The van der Waals surface area contributed by atoms with Gasteiger partial charge in [-0.2, -0.15) is 0 Å². The molecule has 0 saturated carbocycles. The lowest BCUT2D eigenvalue weighted by Crippen LogP contribution is -2.31. The van der Waals surface area contributed by atoms with Crippen LogP contribution in [0.2, 0.25) is 0 Å². The summed E-state index contributed by atoms with van der Waals surface area (Å²) in [6.45, 7) is 4.48. The first kappa shape index (κ1) is 18.6. The minimum atomic E-state index is -0.561. The van der Waals surface area contributed by atoms with Gasteiger partial charge in [-0.15, -0.1) is 0 Å². The van der Waals surface area contributed by atoms with E-state index in [-0.39, 0.29) is 11.7 Å². The van der Waals surface area contributed by atoms with Crippen molar-refractivity contribution in [2.24, 2.45) is 0 Å². The molecule has 0 fully saturated rings. The predicted octanol–water partition coefficient (Wildman–Crippen LogP) is 4.51. The Morgan fingerprint density at radius 3 is 2.68 bits per heavy atom. The van der Waals surface area contributed by atoms with Gasteiger partial charge in [0.25, 0.3) is 0 Å². The number of urea groups is 1. The molecule has 25 heavy (non-hydrogen) atoms. The zero-order valence-electron chi connectivity index (χ0n) is 14.6. The summed E-state index contributed by atoms with van der Waals surface area (Å²) in [5.41, 5.74) is 0.947. The molecule has 134 valence electrons. The molecule has 0 bridgehead atoms. The predicted molar refractivity (Wildman–Crippen MR) is 95.7 cm³/mol. The molecule has 0 spiro atoms. The van der Waals surface area contributed by atoms with E-state index in [1.165, 1.54) is 19.2 Å². The van der Waals surface area contributed by atoms with E-state index in [0.29, 0.717) is 12.4 Å². The van der Waals surface area contributed by atoms with Gasteiger partial charge in [0.2, 0.25) is 0 Å². The van der Waals surface area contributed by atoms with Crippen molar-refractivity contribution in [1.29, 1.82) is 0 Å². The second-order valence-electron chi connectivity index (χ2n) is 5.55. The molecule has 2 N–H and O–H groups in total. The van der Waals surface area contributed by atoms with Crippen molar-refractivity contribution >= 4 is 11.7 Å². The Morgan fingerprint density at radius 1 is 1.24 bits per heavy atom. The number of carbonyl (C=O) groups is 1. The molecule has 0 heterocycles. The molecular weight excluding hydrogens is 323 g/mol. The molecule has 1 atom stereocenters. The molecular formula is C19H23FN2O3. The Kier molecular flexibility index (Phi) is 6.62. The third-order valence-electron chi connectivity index (χ3n) is 3.62. The third kappa shape index (κ3) is 5.11. The van der Waals surface area contributed by atoms with Gasteiger partial charge >= 0.3 is 6.03 Å². The van der Waals surface area contributed by atoms with Crippen LogP contribution < -0.4 is 20.1 Å². The van der Waals surface area contributed by atoms with E-state index in [1.54, 1.807) is 6.07 Å². The fourth-order valence-corrected chi connectivity index (χ4v) is 2.34. The molecule has 0 aromatic heterocycles. The summed E-state index contributed by atoms with van der Waals surface area (Å²) in [6.07, 6.45) is 0.896. The SMILES string of the molecule is CCCOc1ccccc1[C@H](C)NC(=O)Nc1ccc(OC)cc1F. The van der Waals surface area contributed by atoms with Gasteiger partial charge in [0.1, 0.15) is 17.3 Å². The summed E-state index contributed by atoms with van der Waals surface area (Å²) in [7, 11) is 1.45. The molecule has 2 aromatic carbocycles. The number of carbonyl (C=O) groups excluding carboxylic acids is 1. The Labute approximate surface area is 147 Å². The molecule has 2 aromatic rings. The van der Waals surface area contributed by atoms with Crippen LogP contribution in [0.5, 0.6) is 11.5 Å². The van der Waals surface area contributed by atoms with Crippen LogP contribution >= 0.6 is 0 Å². The van der Waals surface area contributed by atoms with Crippen molar-refractivity contribution < 1.29 is 18.7 Å². The van der Waals surface area contributed by atoms with Crippen molar-refractivity contribution in [3.63, 3.8) is 0 Å². The largest absolute Gasteiger partial charge is 0.497 e. The zero-order chi connectivity index (χ0) is 18.2. The molecule has 0 radical (unpaired) electrons. The lowest BCUT2D eigenvalue weighted by molar-refractivity contribution is 0.248. The van der Waals surface area contributed by atoms with Crippen LogP contribution in [0.25, 0.3) is 0 Å². The first-order valence-electron chi connectivity index (χ1n) is 8.18. The first-order valence-corrected chi connectivity index (χ1v) is 8.18. The number of benzene rings is 2. The molecule has 0 unspecified atom stereocenters. The Morgan fingerprint density at radius 2 is 2.00 bits per heavy atom. The summed E-state index contributed by atoms with van der Waals surface area (Å²) < 4.78 is 24.6. The Hall–Kier alpha value is -2.76. The first-order chi connectivity index (χ1) is 12.0. The highest BCUT2D eigenvalue weighted by molar-refractivity contribution is 5.89. The molecule has 0 aliphatic carbocycles. The fourth-order valence-electron chi connectivity index (χ4n) is 2.34. The van der Waals surface area contributed by atoms with E-state index in [2.05, 4.69) is 10.6 Å². The summed E-state index contributed by atoms with van der Waals surface area (Å²) in [4.78, 5) is 12.2. The van der Waals surface area contributed by atoms with Gasteiger partial charge in [0.15, 0.2) is 0 Å². The number of ether oxygens (including phenoxy) is 2. The highest BCUT2D eigenvalue weighted by atomic mass is 19.1. The minimum absolute atomic E-state index is 0.0843. The van der Waals surface area contributed by atoms with Crippen LogP contribution in [-0.4, -0.2) is 19.7 Å². The average Bonchev–Trinajstić information content (AvgIpc) is 2.61. The topological polar surface area (TPSA) is 59.6 Å². The highest BCUT2D eigenvalue weighted by Crippen LogP contribution is 2.25. The van der Waals surface area contributed by atoms with Gasteiger partial charge in [-0.05, 0) is 31.5 Å². The van der Waals surface area contributed by atoms with Gasteiger partial charge < -0.3 is 20.1 Å². The fraction of sp³-hybridized carbons (Fsp3) is 0.316. The molecule has 6 heteroatoms. The Balaban J connectivity index is 2.03. The summed E-state index contributed by atoms with van der Waals surface area (Å²) in [5.74, 6) is 0.556. The van der Waals surface area contributed by atoms with Gasteiger partial charge in [0.05, 0.1) is 25.4 Å². The van der Waals surface area contributed by atoms with Crippen LogP contribution in [-0.2, 0) is 0 Å². The van der Waals surface area contributed by atoms with Gasteiger partial charge in [0, 0.05) is 11.6 Å². The quantitative estimate of drug-likeness (QED) is 0.776. The lowest BCUT2D eigenvalue weighted by Gasteiger charge is -2.18. The Bertz CT molecular complexity index is 722. The lowest BCUT2D eigenvalue weighted by atomic mass is 10.1. The van der Waals surface area contributed by atoms with Gasteiger partial charge in [-0.25, -0.2) is 9.18 Å². The number of methoxy groups -OCH3 is 1. The van der Waals surface area contributed by atoms with E-state index in [4.69, 9.17) is 9.47 Å². The number of halogens is 1. The molecule has 0 saturated heterocycles. The number of rotatable bonds is 7. The maximum absolute atomic E-state index is 13.9. The number of para-hydroxylation sites is 1. The van der Waals surface area contributed by atoms with E-state index in [0.717, 1.165) is 17.7 Å². The van der Waals surface area contributed by atoms with E-state index < -0.39 is 11.8 Å². The smallest absolute Gasteiger partial charge is 0.319 e. The number of nitrogens with one attached hydrogen (secondary N) is 2. The maximum atomic E-state index is 13.9. The van der Waals surface area contributed by atoms with Crippen molar-refractivity contribution in [3.8, 4) is 11.5 Å². The van der Waals surface area contributed by atoms with Gasteiger partial charge in [-0.3, -0.25) is 0 Å². The molecule has 0 aliphatic heterocycles. The van der Waals surface area contributed by atoms with Crippen LogP contribution in [0.1, 0.15) is 31.9 Å². The summed E-state index contributed by atoms with van der Waals surface area (Å²) >= 11 is 0. The summed E-state index contributed by atoms with van der Waals surface area (Å²) in [5, 5.41) is 5.29. The van der Waals surface area contributed by atoms with Gasteiger partial charge in [-0.1, -0.05) is 25.1 Å². The minimum Gasteiger partial charge on any atom is -0.497 e. The normalized spacial score (nSPS) is 11.5. The standard InChI is InChI=1S/C19H23FN2O3/c1-4-11-25-18-8-6-5-7-15(18)13(2)21-19(23)22-17-10-9-14(24-3)12-16(17)20/h5-10,12-13H,4,11H2,1-3H3,(H2,21,22,23)/t13-/m0/s1. The van der Waals surface area contributed by atoms with E-state index in [9.17, 15) is 9.18 Å². The van der Waals surface area contributed by atoms with Crippen LogP contribution in [0.3, 0.4) is 0 Å². The van der Waals surface area contributed by atoms with Crippen LogP contribution in [0, 0.1) is 5.82 Å². The zero-order valence-corrected chi connectivity index (χ0v) is 14.6. The van der Waals surface area contributed by atoms with Crippen molar-refractivity contribution in [3.05, 3.63) is 53.8 Å². The number of anilines is 1. The van der Waals surface area contributed by atoms with Crippen LogP contribution in [0.4, 0.5) is 14.9 Å². The van der Waals surface area contributed by atoms with Crippen LogP contribution in [0.15, 0.2) is 42.5 Å². The second-order valence-corrected chi connectivity index (χ2v) is 5.55. The van der Waals surface area contributed by atoms with E-state index in [1.807, 2.05) is 38.1 Å². The monoisotopic (exact) mass is 346 g/mol. The maximum Gasteiger partial charge on any atom is 0.319 e. The highest BCUT2D eigenvalue weighted by Gasteiger charge is 2.15. The summed E-state index contributed by atoms with van der Waals surface area (Å²) in [6, 6.07) is 11.0. The van der Waals surface area contributed by atoms with Crippen molar-refractivity contribution in [2.45, 2.75) is 26.3 Å². The van der Waals surface area contributed by atoms with Crippen molar-refractivity contribution in [1.82, 2.24) is 5.32 Å².